The average Bonchev–Trinajstić information content (AvgIpc) is 3.38. The Morgan fingerprint density at radius 2 is 1.80 bits per heavy atom. The summed E-state index contributed by atoms with van der Waals surface area (Å²) < 4.78 is 29.7. The van der Waals surface area contributed by atoms with Gasteiger partial charge in [0.25, 0.3) is 0 Å². The second-order valence-electron chi connectivity index (χ2n) is 8.77. The highest BCUT2D eigenvalue weighted by Gasteiger charge is 2.17. The number of hydrogen-bond acceptors (Lipinski definition) is 10. The van der Waals surface area contributed by atoms with Gasteiger partial charge in [-0.1, -0.05) is 21.1 Å². The van der Waals surface area contributed by atoms with Gasteiger partial charge in [0.05, 0.1) is 25.8 Å². The lowest BCUT2D eigenvalue weighted by Crippen LogP contribution is -2.19. The van der Waals surface area contributed by atoms with Crippen LogP contribution in [0.1, 0.15) is 12.6 Å². The van der Waals surface area contributed by atoms with E-state index in [9.17, 15) is 14.4 Å². The van der Waals surface area contributed by atoms with Gasteiger partial charge in [-0.05, 0) is 30.3 Å². The Bertz CT molecular complexity index is 1850. The lowest BCUT2D eigenvalue weighted by Gasteiger charge is -2.11. The molecule has 41 heavy (non-hydrogen) atoms. The summed E-state index contributed by atoms with van der Waals surface area (Å²) in [7, 11) is 3.04. The number of halogens is 1. The van der Waals surface area contributed by atoms with E-state index in [0.29, 0.717) is 33.8 Å². The molecule has 2 aromatic heterocycles. The smallest absolute Gasteiger partial charge is 0.308 e. The van der Waals surface area contributed by atoms with Crippen molar-refractivity contribution in [3.63, 3.8) is 0 Å². The summed E-state index contributed by atoms with van der Waals surface area (Å²) in [5.41, 5.74) is 1.16. The van der Waals surface area contributed by atoms with Crippen molar-refractivity contribution in [2.45, 2.75) is 20.1 Å². The normalized spacial score (nSPS) is 10.9. The number of esters is 1. The van der Waals surface area contributed by atoms with Crippen molar-refractivity contribution in [2.24, 2.45) is 0 Å². The van der Waals surface area contributed by atoms with E-state index in [1.165, 1.54) is 38.0 Å². The van der Waals surface area contributed by atoms with Gasteiger partial charge in [0.15, 0.2) is 11.5 Å². The summed E-state index contributed by atoms with van der Waals surface area (Å²) >= 11 is 3.37. The van der Waals surface area contributed by atoms with E-state index in [1.807, 2.05) is 0 Å². The number of hydrogen-bond donors (Lipinski definition) is 1. The highest BCUT2D eigenvalue weighted by atomic mass is 79.9. The van der Waals surface area contributed by atoms with Crippen molar-refractivity contribution in [1.29, 1.82) is 0 Å². The van der Waals surface area contributed by atoms with Crippen molar-refractivity contribution in [1.82, 2.24) is 15.0 Å². The first kappa shape index (κ1) is 27.6. The third-order valence-corrected chi connectivity index (χ3v) is 6.37. The lowest BCUT2D eigenvalue weighted by atomic mass is 10.1. The van der Waals surface area contributed by atoms with Crippen LogP contribution in [-0.2, 0) is 22.7 Å². The fraction of sp³-hybridized carbons (Fsp3) is 0.179. The molecule has 0 aliphatic heterocycles. The molecule has 0 bridgehead atoms. The number of benzene rings is 3. The van der Waals surface area contributed by atoms with Crippen LogP contribution in [0.25, 0.3) is 21.9 Å². The maximum Gasteiger partial charge on any atom is 0.308 e. The predicted octanol–water partition coefficient (Wildman–Crippen LogP) is 4.46. The molecule has 0 spiro atoms. The highest BCUT2D eigenvalue weighted by molar-refractivity contribution is 9.10. The molecule has 0 aliphatic carbocycles. The highest BCUT2D eigenvalue weighted by Crippen LogP contribution is 2.33. The summed E-state index contributed by atoms with van der Waals surface area (Å²) in [5, 5.41) is 11.3. The minimum Gasteiger partial charge on any atom is -0.493 e. The van der Waals surface area contributed by atoms with E-state index >= 15 is 0 Å². The quantitative estimate of drug-likeness (QED) is 0.142. The van der Waals surface area contributed by atoms with Gasteiger partial charge in [-0.15, -0.1) is 5.10 Å². The first-order valence-electron chi connectivity index (χ1n) is 12.2. The predicted molar refractivity (Wildman–Crippen MR) is 152 cm³/mol. The maximum atomic E-state index is 13.2. The molecule has 1 amide bonds. The van der Waals surface area contributed by atoms with Crippen molar-refractivity contribution < 1.29 is 33.0 Å². The SMILES string of the molecule is COc1ccc(NC(=O)Cn2cc(COc3cc(OC(C)=O)c4c(=O)c5ccc(Br)cc5oc4c3)nn2)cc1OC. The van der Waals surface area contributed by atoms with E-state index in [0.717, 1.165) is 4.47 Å². The summed E-state index contributed by atoms with van der Waals surface area (Å²) in [5.74, 6) is 0.376. The fourth-order valence-electron chi connectivity index (χ4n) is 4.11. The summed E-state index contributed by atoms with van der Waals surface area (Å²) in [6.07, 6.45) is 1.56. The lowest BCUT2D eigenvalue weighted by molar-refractivity contribution is -0.131. The van der Waals surface area contributed by atoms with Crippen LogP contribution < -0.4 is 29.7 Å². The monoisotopic (exact) mass is 622 g/mol. The number of ether oxygens (including phenoxy) is 4. The molecule has 5 rings (SSSR count). The molecule has 12 nitrogen and oxygen atoms in total. The van der Waals surface area contributed by atoms with Crippen molar-refractivity contribution in [3.8, 4) is 23.0 Å². The van der Waals surface area contributed by atoms with Gasteiger partial charge < -0.3 is 28.7 Å². The average molecular weight is 623 g/mol. The van der Waals surface area contributed by atoms with Crippen LogP contribution >= 0.6 is 15.9 Å². The van der Waals surface area contributed by atoms with E-state index in [-0.39, 0.29) is 47.0 Å². The minimum atomic E-state index is -0.604. The molecule has 0 saturated carbocycles. The largest absolute Gasteiger partial charge is 0.493 e. The van der Waals surface area contributed by atoms with Crippen molar-refractivity contribution >= 4 is 55.4 Å². The van der Waals surface area contributed by atoms with E-state index in [1.54, 1.807) is 42.6 Å². The fourth-order valence-corrected chi connectivity index (χ4v) is 4.45. The number of nitrogens with zero attached hydrogens (tertiary/aromatic N) is 3. The second kappa shape index (κ2) is 11.7. The van der Waals surface area contributed by atoms with Gasteiger partial charge in [-0.3, -0.25) is 14.4 Å². The Labute approximate surface area is 240 Å². The summed E-state index contributed by atoms with van der Waals surface area (Å²) in [6.45, 7) is 1.12. The maximum absolute atomic E-state index is 13.2. The standard InChI is InChI=1S/C28H23BrN4O8/c1-15(34)40-24-10-19(11-25-27(24)28(36)20-6-4-16(29)8-22(20)41-25)39-14-18-12-33(32-31-18)13-26(35)30-17-5-7-21(37-2)23(9-17)38-3/h4-12H,13-14H2,1-3H3,(H,30,35). The van der Waals surface area contributed by atoms with Crippen molar-refractivity contribution in [3.05, 3.63) is 75.1 Å². The number of nitrogens with one attached hydrogen (secondary N) is 1. The molecule has 210 valence electrons. The Morgan fingerprint density at radius 1 is 1.00 bits per heavy atom. The number of aromatic nitrogens is 3. The van der Waals surface area contributed by atoms with Gasteiger partial charge in [-0.25, -0.2) is 4.68 Å². The Kier molecular flexibility index (Phi) is 7.88. The van der Waals surface area contributed by atoms with E-state index in [2.05, 4.69) is 31.6 Å². The summed E-state index contributed by atoms with van der Waals surface area (Å²) in [4.78, 5) is 37.5. The zero-order chi connectivity index (χ0) is 29.1. The van der Waals surface area contributed by atoms with Crippen LogP contribution in [0.15, 0.2) is 68.4 Å². The number of methoxy groups -OCH3 is 2. The molecule has 13 heteroatoms. The van der Waals surface area contributed by atoms with Crippen LogP contribution in [0.3, 0.4) is 0 Å². The number of rotatable bonds is 9. The molecule has 3 aromatic carbocycles. The first-order chi connectivity index (χ1) is 19.7. The molecule has 0 atom stereocenters. The third kappa shape index (κ3) is 6.14. The Balaban J connectivity index is 1.31. The third-order valence-electron chi connectivity index (χ3n) is 5.87. The number of anilines is 1. The topological polar surface area (TPSA) is 144 Å². The molecular formula is C28H23BrN4O8. The first-order valence-corrected chi connectivity index (χ1v) is 13.0. The van der Waals surface area contributed by atoms with Crippen molar-refractivity contribution in [2.75, 3.05) is 19.5 Å². The molecule has 5 aromatic rings. The van der Waals surface area contributed by atoms with Crippen LogP contribution in [0.5, 0.6) is 23.0 Å². The zero-order valence-electron chi connectivity index (χ0n) is 22.1. The molecular weight excluding hydrogens is 600 g/mol. The molecule has 1 N–H and O–H groups in total. The Morgan fingerprint density at radius 3 is 2.56 bits per heavy atom. The van der Waals surface area contributed by atoms with Gasteiger partial charge in [0, 0.05) is 35.3 Å². The van der Waals surface area contributed by atoms with Crippen LogP contribution in [0.2, 0.25) is 0 Å². The minimum absolute atomic E-state index is 0.0130. The number of amides is 1. The Hall–Kier alpha value is -4.91. The van der Waals surface area contributed by atoms with E-state index < -0.39 is 5.97 Å². The van der Waals surface area contributed by atoms with Gasteiger partial charge in [0.2, 0.25) is 11.3 Å². The van der Waals surface area contributed by atoms with Crippen LogP contribution in [0, 0.1) is 0 Å². The molecule has 0 saturated heterocycles. The molecule has 0 fully saturated rings. The van der Waals surface area contributed by atoms with E-state index in [4.69, 9.17) is 23.4 Å². The van der Waals surface area contributed by atoms with Crippen LogP contribution in [0.4, 0.5) is 5.69 Å². The van der Waals surface area contributed by atoms with Gasteiger partial charge >= 0.3 is 5.97 Å². The molecule has 2 heterocycles. The van der Waals surface area contributed by atoms with Crippen LogP contribution in [-0.4, -0.2) is 41.1 Å². The molecule has 0 radical (unpaired) electrons. The second-order valence-corrected chi connectivity index (χ2v) is 9.69. The number of carbonyl (C=O) groups is 2. The number of carbonyl (C=O) groups excluding carboxylic acids is 2. The molecule has 0 aliphatic rings. The number of fused-ring (bicyclic) bond motifs is 2. The van der Waals surface area contributed by atoms with Gasteiger partial charge in [0.1, 0.15) is 46.9 Å². The summed E-state index contributed by atoms with van der Waals surface area (Å²) in [6, 6.07) is 13.0. The van der Waals surface area contributed by atoms with Gasteiger partial charge in [-0.2, -0.15) is 0 Å². The molecule has 0 unspecified atom stereocenters. The zero-order valence-corrected chi connectivity index (χ0v) is 23.7.